The third-order valence-electron chi connectivity index (χ3n) is 4.63. The minimum absolute atomic E-state index is 0.0656. The number of aromatic nitrogens is 2. The maximum absolute atomic E-state index is 12.8. The van der Waals surface area contributed by atoms with Gasteiger partial charge in [0.05, 0.1) is 6.54 Å². The predicted octanol–water partition coefficient (Wildman–Crippen LogP) is 2.82. The molecule has 1 saturated heterocycles. The van der Waals surface area contributed by atoms with Crippen molar-refractivity contribution in [2.45, 2.75) is 19.5 Å². The number of rotatable bonds is 5. The molecule has 28 heavy (non-hydrogen) atoms. The van der Waals surface area contributed by atoms with E-state index in [0.717, 1.165) is 29.9 Å². The zero-order valence-electron chi connectivity index (χ0n) is 15.5. The molecule has 150 valence electrons. The van der Waals surface area contributed by atoms with Crippen LogP contribution in [0.3, 0.4) is 0 Å². The molecular weight excluding hydrogens is 371 g/mol. The predicted molar refractivity (Wildman–Crippen MR) is 100 cm³/mol. The van der Waals surface area contributed by atoms with Crippen molar-refractivity contribution < 1.29 is 18.0 Å². The van der Waals surface area contributed by atoms with E-state index < -0.39 is 11.9 Å². The smallest absolute Gasteiger partial charge is 0.338 e. The Hall–Kier alpha value is -2.68. The summed E-state index contributed by atoms with van der Waals surface area (Å²) in [6.07, 6.45) is -2.55. The molecule has 1 aromatic heterocycles. The number of benzene rings is 1. The van der Waals surface area contributed by atoms with Crippen molar-refractivity contribution in [2.75, 3.05) is 42.9 Å². The number of halogens is 3. The first-order valence-electron chi connectivity index (χ1n) is 9.12. The minimum atomic E-state index is -4.49. The Balaban J connectivity index is 1.54. The molecule has 1 amide bonds. The number of nitrogens with zero attached hydrogens (tertiary/aromatic N) is 4. The molecule has 6 nitrogen and oxygen atoms in total. The highest BCUT2D eigenvalue weighted by Crippen LogP contribution is 2.28. The summed E-state index contributed by atoms with van der Waals surface area (Å²) in [7, 11) is 0. The molecule has 0 radical (unpaired) electrons. The fourth-order valence-electron chi connectivity index (χ4n) is 3.11. The number of carbonyl (C=O) groups is 1. The van der Waals surface area contributed by atoms with Gasteiger partial charge in [0.15, 0.2) is 0 Å². The van der Waals surface area contributed by atoms with Gasteiger partial charge in [-0.05, 0) is 24.1 Å². The van der Waals surface area contributed by atoms with Gasteiger partial charge in [0, 0.05) is 38.1 Å². The van der Waals surface area contributed by atoms with Crippen molar-refractivity contribution in [3.63, 3.8) is 0 Å². The van der Waals surface area contributed by atoms with Crippen molar-refractivity contribution in [3.8, 4) is 0 Å². The van der Waals surface area contributed by atoms with Crippen LogP contribution in [0.5, 0.6) is 0 Å². The molecule has 1 N–H and O–H groups in total. The molecule has 1 aromatic carbocycles. The monoisotopic (exact) mass is 393 g/mol. The maximum Gasteiger partial charge on any atom is 0.433 e. The normalized spacial score (nSPS) is 15.5. The highest BCUT2D eigenvalue weighted by molar-refractivity contribution is 5.93. The second kappa shape index (κ2) is 8.55. The first kappa shape index (κ1) is 20.1. The zero-order valence-corrected chi connectivity index (χ0v) is 15.5. The number of aryl methyl sites for hydroxylation is 1. The lowest BCUT2D eigenvalue weighted by molar-refractivity contribution is -0.141. The third-order valence-corrected chi connectivity index (χ3v) is 4.63. The SMILES string of the molecule is CCc1ccccc1NC(=O)CN1CCN(c2nccc(C(F)(F)F)n2)CC1. The Labute approximate surface area is 161 Å². The fraction of sp³-hybridized carbons (Fsp3) is 0.421. The summed E-state index contributed by atoms with van der Waals surface area (Å²) in [5, 5.41) is 2.93. The third kappa shape index (κ3) is 4.98. The van der Waals surface area contributed by atoms with Crippen molar-refractivity contribution in [3.05, 3.63) is 47.8 Å². The van der Waals surface area contributed by atoms with Crippen LogP contribution in [-0.4, -0.2) is 53.5 Å². The average Bonchev–Trinajstić information content (AvgIpc) is 2.68. The maximum atomic E-state index is 12.8. The Morgan fingerprint density at radius 3 is 2.54 bits per heavy atom. The number of hydrogen-bond donors (Lipinski definition) is 1. The van der Waals surface area contributed by atoms with Crippen molar-refractivity contribution in [1.29, 1.82) is 0 Å². The quantitative estimate of drug-likeness (QED) is 0.847. The molecule has 1 aliphatic heterocycles. The van der Waals surface area contributed by atoms with Gasteiger partial charge >= 0.3 is 6.18 Å². The van der Waals surface area contributed by atoms with E-state index in [-0.39, 0.29) is 18.4 Å². The largest absolute Gasteiger partial charge is 0.433 e. The van der Waals surface area contributed by atoms with E-state index in [1.165, 1.54) is 0 Å². The van der Waals surface area contributed by atoms with Gasteiger partial charge in [0.1, 0.15) is 5.69 Å². The van der Waals surface area contributed by atoms with Crippen LogP contribution >= 0.6 is 0 Å². The summed E-state index contributed by atoms with van der Waals surface area (Å²) < 4.78 is 38.4. The number of piperazine rings is 1. The number of nitrogens with one attached hydrogen (secondary N) is 1. The van der Waals surface area contributed by atoms with Crippen LogP contribution in [0.15, 0.2) is 36.5 Å². The molecular formula is C19H22F3N5O. The summed E-state index contributed by atoms with van der Waals surface area (Å²) in [5.74, 6) is -0.0412. The van der Waals surface area contributed by atoms with E-state index in [1.807, 2.05) is 36.1 Å². The van der Waals surface area contributed by atoms with E-state index in [2.05, 4.69) is 15.3 Å². The summed E-state index contributed by atoms with van der Waals surface area (Å²) in [4.78, 5) is 23.6. The van der Waals surface area contributed by atoms with Crippen LogP contribution in [-0.2, 0) is 17.4 Å². The van der Waals surface area contributed by atoms with Crippen molar-refractivity contribution in [2.24, 2.45) is 0 Å². The van der Waals surface area contributed by atoms with Crippen LogP contribution in [0.4, 0.5) is 24.8 Å². The Bertz CT molecular complexity index is 819. The fourth-order valence-corrected chi connectivity index (χ4v) is 3.11. The highest BCUT2D eigenvalue weighted by atomic mass is 19.4. The van der Waals surface area contributed by atoms with E-state index >= 15 is 0 Å². The molecule has 0 bridgehead atoms. The summed E-state index contributed by atoms with van der Waals surface area (Å²) in [5.41, 5.74) is 0.933. The standard InChI is InChI=1S/C19H22F3N5O/c1-2-14-5-3-4-6-15(14)24-17(28)13-26-9-11-27(12-10-26)18-23-8-7-16(25-18)19(20,21)22/h3-8H,2,9-13H2,1H3,(H,24,28). The average molecular weight is 393 g/mol. The zero-order chi connectivity index (χ0) is 20.1. The van der Waals surface area contributed by atoms with Gasteiger partial charge in [0.2, 0.25) is 11.9 Å². The molecule has 2 heterocycles. The Morgan fingerprint density at radius 1 is 1.14 bits per heavy atom. The van der Waals surface area contributed by atoms with Gasteiger partial charge < -0.3 is 10.2 Å². The van der Waals surface area contributed by atoms with E-state index in [9.17, 15) is 18.0 Å². The number of para-hydroxylation sites is 1. The number of amides is 1. The first-order chi connectivity index (χ1) is 13.4. The van der Waals surface area contributed by atoms with Gasteiger partial charge in [-0.15, -0.1) is 0 Å². The van der Waals surface area contributed by atoms with Crippen LogP contribution in [0.25, 0.3) is 0 Å². The summed E-state index contributed by atoms with van der Waals surface area (Å²) >= 11 is 0. The van der Waals surface area contributed by atoms with Gasteiger partial charge in [-0.3, -0.25) is 9.69 Å². The van der Waals surface area contributed by atoms with Crippen LogP contribution < -0.4 is 10.2 Å². The van der Waals surface area contributed by atoms with Crippen LogP contribution in [0.1, 0.15) is 18.2 Å². The number of alkyl halides is 3. The molecule has 0 saturated carbocycles. The van der Waals surface area contributed by atoms with E-state index in [0.29, 0.717) is 26.2 Å². The molecule has 2 aromatic rings. The molecule has 0 spiro atoms. The minimum Gasteiger partial charge on any atom is -0.338 e. The molecule has 3 rings (SSSR count). The van der Waals surface area contributed by atoms with Gasteiger partial charge in [-0.25, -0.2) is 9.97 Å². The van der Waals surface area contributed by atoms with Crippen LogP contribution in [0, 0.1) is 0 Å². The summed E-state index contributed by atoms with van der Waals surface area (Å²) in [6.45, 7) is 4.26. The molecule has 0 aliphatic carbocycles. The Morgan fingerprint density at radius 2 is 1.86 bits per heavy atom. The lowest BCUT2D eigenvalue weighted by atomic mass is 10.1. The van der Waals surface area contributed by atoms with E-state index in [1.54, 1.807) is 4.90 Å². The van der Waals surface area contributed by atoms with Gasteiger partial charge in [-0.2, -0.15) is 13.2 Å². The van der Waals surface area contributed by atoms with Gasteiger partial charge in [-0.1, -0.05) is 25.1 Å². The number of hydrogen-bond acceptors (Lipinski definition) is 5. The second-order valence-electron chi connectivity index (χ2n) is 6.56. The van der Waals surface area contributed by atoms with Crippen LogP contribution in [0.2, 0.25) is 0 Å². The molecule has 1 aliphatic rings. The van der Waals surface area contributed by atoms with Gasteiger partial charge in [0.25, 0.3) is 0 Å². The number of carbonyl (C=O) groups excluding carboxylic acids is 1. The first-order valence-corrected chi connectivity index (χ1v) is 9.12. The lowest BCUT2D eigenvalue weighted by Gasteiger charge is -2.34. The summed E-state index contributed by atoms with van der Waals surface area (Å²) in [6, 6.07) is 8.52. The Kier molecular flexibility index (Phi) is 6.13. The topological polar surface area (TPSA) is 61.4 Å². The number of anilines is 2. The van der Waals surface area contributed by atoms with E-state index in [4.69, 9.17) is 0 Å². The second-order valence-corrected chi connectivity index (χ2v) is 6.56. The highest BCUT2D eigenvalue weighted by Gasteiger charge is 2.33. The van der Waals surface area contributed by atoms with Crippen molar-refractivity contribution >= 4 is 17.5 Å². The molecule has 9 heteroatoms. The molecule has 1 fully saturated rings. The lowest BCUT2D eigenvalue weighted by Crippen LogP contribution is -2.49. The van der Waals surface area contributed by atoms with Crippen molar-refractivity contribution in [1.82, 2.24) is 14.9 Å². The molecule has 0 atom stereocenters. The molecule has 0 unspecified atom stereocenters.